The van der Waals surface area contributed by atoms with E-state index in [4.69, 9.17) is 14.2 Å². The molecule has 0 atom stereocenters. The smallest absolute Gasteiger partial charge is 0.416 e. The first-order valence-electron chi connectivity index (χ1n) is 8.93. The second kappa shape index (κ2) is 9.83. The van der Waals surface area contributed by atoms with Gasteiger partial charge in [0.1, 0.15) is 18.2 Å². The molecular weight excluding hydrogens is 399 g/mol. The third kappa shape index (κ3) is 6.27. The van der Waals surface area contributed by atoms with E-state index in [1.165, 1.54) is 25.3 Å². The number of hydrogen-bond acceptors (Lipinski definition) is 5. The van der Waals surface area contributed by atoms with E-state index in [2.05, 4.69) is 0 Å². The summed E-state index contributed by atoms with van der Waals surface area (Å²) < 4.78 is 54.4. The van der Waals surface area contributed by atoms with Crippen LogP contribution in [0.2, 0.25) is 0 Å². The van der Waals surface area contributed by atoms with Crippen LogP contribution in [0.15, 0.2) is 48.0 Å². The van der Waals surface area contributed by atoms with Crippen molar-refractivity contribution in [1.82, 2.24) is 0 Å². The summed E-state index contributed by atoms with van der Waals surface area (Å²) in [5.74, 6) is -0.142. The summed E-state index contributed by atoms with van der Waals surface area (Å²) in [6.45, 7) is 3.25. The zero-order valence-electron chi connectivity index (χ0n) is 16.6. The van der Waals surface area contributed by atoms with Crippen LogP contribution in [0.25, 0.3) is 6.08 Å². The highest BCUT2D eigenvalue weighted by Gasteiger charge is 2.30. The van der Waals surface area contributed by atoms with E-state index >= 15 is 0 Å². The van der Waals surface area contributed by atoms with Gasteiger partial charge >= 0.3 is 12.1 Å². The molecule has 0 N–H and O–H groups in total. The van der Waals surface area contributed by atoms with Crippen LogP contribution in [0.4, 0.5) is 13.2 Å². The number of methoxy groups -OCH3 is 1. The highest BCUT2D eigenvalue weighted by molar-refractivity contribution is 5.98. The summed E-state index contributed by atoms with van der Waals surface area (Å²) >= 11 is 0. The van der Waals surface area contributed by atoms with Crippen LogP contribution in [0.1, 0.15) is 30.5 Å². The second-order valence-electron chi connectivity index (χ2n) is 6.52. The average molecular weight is 419 g/mol. The number of benzene rings is 2. The van der Waals surface area contributed by atoms with Gasteiger partial charge in [-0.2, -0.15) is 18.4 Å². The molecule has 0 radical (unpaired) electrons. The van der Waals surface area contributed by atoms with Crippen molar-refractivity contribution in [2.24, 2.45) is 0 Å². The lowest BCUT2D eigenvalue weighted by atomic mass is 10.1. The molecule has 158 valence electrons. The molecule has 2 aromatic carbocycles. The van der Waals surface area contributed by atoms with Gasteiger partial charge in [0, 0.05) is 0 Å². The second-order valence-corrected chi connectivity index (χ2v) is 6.52. The Morgan fingerprint density at radius 1 is 1.17 bits per heavy atom. The van der Waals surface area contributed by atoms with Crippen molar-refractivity contribution in [3.05, 3.63) is 64.7 Å². The molecule has 0 aliphatic carbocycles. The summed E-state index contributed by atoms with van der Waals surface area (Å²) in [7, 11) is 1.40. The van der Waals surface area contributed by atoms with E-state index in [0.29, 0.717) is 22.6 Å². The molecule has 0 unspecified atom stereocenters. The molecule has 0 saturated heterocycles. The number of carbonyl (C=O) groups is 1. The highest BCUT2D eigenvalue weighted by atomic mass is 19.4. The Hall–Kier alpha value is -3.47. The Kier molecular flexibility index (Phi) is 7.48. The van der Waals surface area contributed by atoms with Crippen LogP contribution in [-0.4, -0.2) is 19.2 Å². The van der Waals surface area contributed by atoms with Gasteiger partial charge in [0.2, 0.25) is 0 Å². The molecule has 2 rings (SSSR count). The van der Waals surface area contributed by atoms with Gasteiger partial charge in [-0.1, -0.05) is 18.2 Å². The van der Waals surface area contributed by atoms with Gasteiger partial charge in [0.25, 0.3) is 0 Å². The van der Waals surface area contributed by atoms with E-state index in [1.54, 1.807) is 38.1 Å². The Labute approximate surface area is 172 Å². The molecule has 0 aliphatic heterocycles. The lowest BCUT2D eigenvalue weighted by molar-refractivity contribution is -0.142. The Morgan fingerprint density at radius 3 is 2.50 bits per heavy atom. The van der Waals surface area contributed by atoms with Gasteiger partial charge < -0.3 is 14.2 Å². The van der Waals surface area contributed by atoms with Gasteiger partial charge in [0.15, 0.2) is 11.5 Å². The normalized spacial score (nSPS) is 11.7. The topological polar surface area (TPSA) is 68.5 Å². The Morgan fingerprint density at radius 2 is 1.90 bits per heavy atom. The summed E-state index contributed by atoms with van der Waals surface area (Å²) in [6.07, 6.45) is -3.45. The summed E-state index contributed by atoms with van der Waals surface area (Å²) in [5, 5.41) is 9.19. The number of hydrogen-bond donors (Lipinski definition) is 0. The SMILES string of the molecule is COc1cc(/C=C(/C#N)C(=O)OC(C)C)ccc1OCc1cccc(C(F)(F)F)c1. The number of nitriles is 1. The molecule has 5 nitrogen and oxygen atoms in total. The van der Waals surface area contributed by atoms with Crippen molar-refractivity contribution in [2.75, 3.05) is 7.11 Å². The fourth-order valence-corrected chi connectivity index (χ4v) is 2.47. The molecule has 0 bridgehead atoms. The first kappa shape index (κ1) is 22.8. The Balaban J connectivity index is 2.19. The monoisotopic (exact) mass is 419 g/mol. The molecule has 0 aliphatic rings. The standard InChI is InChI=1S/C22H20F3NO4/c1-14(2)30-21(27)17(12-26)9-15-7-8-19(20(11-15)28-3)29-13-16-5-4-6-18(10-16)22(23,24)25/h4-11,14H,13H2,1-3H3/b17-9-. The highest BCUT2D eigenvalue weighted by Crippen LogP contribution is 2.32. The number of nitrogens with zero attached hydrogens (tertiary/aromatic N) is 1. The molecule has 0 spiro atoms. The predicted octanol–water partition coefficient (Wildman–Crippen LogP) is 5.15. The quantitative estimate of drug-likeness (QED) is 0.353. The predicted molar refractivity (Wildman–Crippen MR) is 104 cm³/mol. The van der Waals surface area contributed by atoms with Gasteiger partial charge in [0.05, 0.1) is 18.8 Å². The lowest BCUT2D eigenvalue weighted by Crippen LogP contribution is -2.12. The van der Waals surface area contributed by atoms with Crippen molar-refractivity contribution in [2.45, 2.75) is 32.7 Å². The molecule has 0 aromatic heterocycles. The van der Waals surface area contributed by atoms with Crippen LogP contribution in [0.5, 0.6) is 11.5 Å². The molecule has 8 heteroatoms. The van der Waals surface area contributed by atoms with Crippen LogP contribution >= 0.6 is 0 Å². The van der Waals surface area contributed by atoms with Crippen molar-refractivity contribution < 1.29 is 32.2 Å². The van der Waals surface area contributed by atoms with E-state index in [1.807, 2.05) is 0 Å². The third-order valence-corrected chi connectivity index (χ3v) is 3.83. The maximum Gasteiger partial charge on any atom is 0.416 e. The van der Waals surface area contributed by atoms with Gasteiger partial charge in [-0.25, -0.2) is 4.79 Å². The summed E-state index contributed by atoms with van der Waals surface area (Å²) in [5.41, 5.74) is -0.0914. The number of alkyl halides is 3. The maximum atomic E-state index is 12.8. The minimum atomic E-state index is -4.43. The fourth-order valence-electron chi connectivity index (χ4n) is 2.47. The summed E-state index contributed by atoms with van der Waals surface area (Å²) in [4.78, 5) is 11.9. The first-order valence-corrected chi connectivity index (χ1v) is 8.93. The lowest BCUT2D eigenvalue weighted by Gasteiger charge is -2.13. The van der Waals surface area contributed by atoms with Gasteiger partial charge in [-0.05, 0) is 55.3 Å². The molecule has 0 saturated carbocycles. The summed E-state index contributed by atoms with van der Waals surface area (Å²) in [6, 6.07) is 11.3. The fraction of sp³-hybridized carbons (Fsp3) is 0.273. The number of ether oxygens (including phenoxy) is 3. The minimum absolute atomic E-state index is 0.0976. The largest absolute Gasteiger partial charge is 0.493 e. The van der Waals surface area contributed by atoms with Crippen LogP contribution < -0.4 is 9.47 Å². The van der Waals surface area contributed by atoms with Crippen molar-refractivity contribution in [3.8, 4) is 17.6 Å². The average Bonchev–Trinajstić information content (AvgIpc) is 2.69. The zero-order chi connectivity index (χ0) is 22.3. The molecule has 0 heterocycles. The van der Waals surface area contributed by atoms with Crippen LogP contribution in [0, 0.1) is 11.3 Å². The van der Waals surface area contributed by atoms with Crippen LogP contribution in [0.3, 0.4) is 0 Å². The van der Waals surface area contributed by atoms with Crippen LogP contribution in [-0.2, 0) is 22.3 Å². The molecule has 30 heavy (non-hydrogen) atoms. The van der Waals surface area contributed by atoms with Crippen molar-refractivity contribution >= 4 is 12.0 Å². The van der Waals surface area contributed by atoms with Crippen molar-refractivity contribution in [3.63, 3.8) is 0 Å². The van der Waals surface area contributed by atoms with E-state index in [0.717, 1.165) is 12.1 Å². The van der Waals surface area contributed by atoms with E-state index < -0.39 is 17.7 Å². The molecule has 0 fully saturated rings. The third-order valence-electron chi connectivity index (χ3n) is 3.83. The Bertz CT molecular complexity index is 975. The van der Waals surface area contributed by atoms with Crippen molar-refractivity contribution in [1.29, 1.82) is 5.26 Å². The maximum absolute atomic E-state index is 12.8. The number of halogens is 3. The molecule has 0 amide bonds. The van der Waals surface area contributed by atoms with E-state index in [-0.39, 0.29) is 18.3 Å². The number of carbonyl (C=O) groups excluding carboxylic acids is 1. The zero-order valence-corrected chi connectivity index (χ0v) is 16.6. The van der Waals surface area contributed by atoms with Gasteiger partial charge in [-0.15, -0.1) is 0 Å². The molecular formula is C22H20F3NO4. The van der Waals surface area contributed by atoms with E-state index in [9.17, 15) is 23.2 Å². The number of rotatable bonds is 7. The number of esters is 1. The first-order chi connectivity index (χ1) is 14.1. The van der Waals surface area contributed by atoms with Gasteiger partial charge in [-0.3, -0.25) is 0 Å². The molecule has 2 aromatic rings. The minimum Gasteiger partial charge on any atom is -0.493 e.